The lowest BCUT2D eigenvalue weighted by atomic mass is 10.1. The minimum absolute atomic E-state index is 0.219. The van der Waals surface area contributed by atoms with Crippen LogP contribution < -0.4 is 10.9 Å². The van der Waals surface area contributed by atoms with Crippen molar-refractivity contribution in [1.82, 2.24) is 44.5 Å². The topological polar surface area (TPSA) is 152 Å². The van der Waals surface area contributed by atoms with Gasteiger partial charge in [0.1, 0.15) is 11.0 Å². The summed E-state index contributed by atoms with van der Waals surface area (Å²) in [5, 5.41) is 21.2. The van der Waals surface area contributed by atoms with Gasteiger partial charge in [0.2, 0.25) is 11.9 Å². The highest BCUT2D eigenvalue weighted by Crippen LogP contribution is 2.21. The number of fused-ring (bicyclic) bond motifs is 2. The second kappa shape index (κ2) is 7.20. The van der Waals surface area contributed by atoms with Gasteiger partial charge in [0, 0.05) is 18.9 Å². The highest BCUT2D eigenvalue weighted by Gasteiger charge is 2.21. The minimum Gasteiger partial charge on any atom is -0.384 e. The van der Waals surface area contributed by atoms with Crippen LogP contribution in [0.25, 0.3) is 27.9 Å². The summed E-state index contributed by atoms with van der Waals surface area (Å²) in [4.78, 5) is 34.9. The molecule has 12 heteroatoms. The molecule has 0 bridgehead atoms. The van der Waals surface area contributed by atoms with E-state index in [2.05, 4.69) is 40.4 Å². The molecule has 0 amide bonds. The molecule has 3 N–H and O–H groups in total. The van der Waals surface area contributed by atoms with Gasteiger partial charge in [0.15, 0.2) is 17.1 Å². The zero-order valence-corrected chi connectivity index (χ0v) is 17.6. The van der Waals surface area contributed by atoms with Crippen LogP contribution in [0.4, 0.5) is 11.9 Å². The number of rotatable bonds is 5. The maximum absolute atomic E-state index is 13.0. The van der Waals surface area contributed by atoms with E-state index in [4.69, 9.17) is 0 Å². The van der Waals surface area contributed by atoms with Crippen LogP contribution in [0.1, 0.15) is 26.5 Å². The van der Waals surface area contributed by atoms with Crippen molar-refractivity contribution in [3.63, 3.8) is 0 Å². The molecule has 32 heavy (non-hydrogen) atoms. The fourth-order valence-corrected chi connectivity index (χ4v) is 3.39. The maximum atomic E-state index is 13.0. The van der Waals surface area contributed by atoms with E-state index in [1.165, 1.54) is 10.9 Å². The summed E-state index contributed by atoms with van der Waals surface area (Å²) in [7, 11) is 0. The molecule has 0 aliphatic carbocycles. The largest absolute Gasteiger partial charge is 0.384 e. The third-order valence-electron chi connectivity index (χ3n) is 4.97. The fourth-order valence-electron chi connectivity index (χ4n) is 3.39. The Morgan fingerprint density at radius 3 is 2.66 bits per heavy atom. The Bertz CT molecular complexity index is 1510. The highest BCUT2D eigenvalue weighted by atomic mass is 16.3. The van der Waals surface area contributed by atoms with E-state index in [1.807, 2.05) is 6.92 Å². The van der Waals surface area contributed by atoms with Crippen molar-refractivity contribution >= 4 is 34.0 Å². The van der Waals surface area contributed by atoms with Crippen molar-refractivity contribution in [1.29, 1.82) is 0 Å². The normalized spacial score (nSPS) is 12.0. The van der Waals surface area contributed by atoms with E-state index in [9.17, 15) is 9.90 Å². The zero-order chi connectivity index (χ0) is 22.5. The average molecular weight is 432 g/mol. The molecule has 0 aromatic carbocycles. The van der Waals surface area contributed by atoms with E-state index < -0.39 is 5.60 Å². The van der Waals surface area contributed by atoms with Crippen LogP contribution in [0.3, 0.4) is 0 Å². The van der Waals surface area contributed by atoms with Gasteiger partial charge in [-0.15, -0.1) is 0 Å². The van der Waals surface area contributed by atoms with Crippen LogP contribution in [0.5, 0.6) is 0 Å². The lowest BCUT2D eigenvalue weighted by Crippen LogP contribution is -2.23. The number of pyridine rings is 1. The summed E-state index contributed by atoms with van der Waals surface area (Å²) >= 11 is 0. The van der Waals surface area contributed by atoms with Gasteiger partial charge in [0.05, 0.1) is 17.3 Å². The summed E-state index contributed by atoms with van der Waals surface area (Å²) in [5.41, 5.74) is 0.0450. The molecule has 0 aliphatic heterocycles. The Kier molecular flexibility index (Phi) is 4.44. The number of hydrogen-bond donors (Lipinski definition) is 3. The van der Waals surface area contributed by atoms with E-state index >= 15 is 0 Å². The first kappa shape index (κ1) is 19.8. The molecule has 0 spiro atoms. The lowest BCUT2D eigenvalue weighted by Gasteiger charge is -2.18. The van der Waals surface area contributed by atoms with Gasteiger partial charge < -0.3 is 5.11 Å². The van der Waals surface area contributed by atoms with Crippen molar-refractivity contribution in [2.75, 3.05) is 5.32 Å². The molecular formula is C20H20N10O2. The van der Waals surface area contributed by atoms with Crippen LogP contribution in [0, 0.1) is 0 Å². The van der Waals surface area contributed by atoms with Crippen molar-refractivity contribution in [3.8, 4) is 5.82 Å². The molecule has 0 atom stereocenters. The monoisotopic (exact) mass is 432 g/mol. The van der Waals surface area contributed by atoms with Crippen molar-refractivity contribution in [2.45, 2.75) is 32.9 Å². The van der Waals surface area contributed by atoms with E-state index in [-0.39, 0.29) is 17.5 Å². The number of aliphatic hydroxyl groups is 1. The molecule has 0 radical (unpaired) electrons. The Balaban J connectivity index is 1.64. The molecule has 0 unspecified atom stereocenters. The Hall–Kier alpha value is -4.19. The van der Waals surface area contributed by atoms with Crippen LogP contribution in [0.2, 0.25) is 0 Å². The first-order valence-electron chi connectivity index (χ1n) is 9.97. The second-order valence-electron chi connectivity index (χ2n) is 7.70. The van der Waals surface area contributed by atoms with Gasteiger partial charge in [-0.1, -0.05) is 6.07 Å². The van der Waals surface area contributed by atoms with E-state index in [1.54, 1.807) is 49.1 Å². The number of anilines is 2. The van der Waals surface area contributed by atoms with Crippen molar-refractivity contribution < 1.29 is 5.11 Å². The third-order valence-corrected chi connectivity index (χ3v) is 4.97. The maximum Gasteiger partial charge on any atom is 0.278 e. The molecular weight excluding hydrogens is 412 g/mol. The highest BCUT2D eigenvalue weighted by molar-refractivity contribution is 5.77. The predicted octanol–water partition coefficient (Wildman–Crippen LogP) is 1.63. The molecule has 12 nitrogen and oxygen atoms in total. The minimum atomic E-state index is -1.14. The molecule has 5 heterocycles. The van der Waals surface area contributed by atoms with Gasteiger partial charge >= 0.3 is 0 Å². The quantitative estimate of drug-likeness (QED) is 0.376. The van der Waals surface area contributed by atoms with Gasteiger partial charge in [0.25, 0.3) is 5.56 Å². The predicted molar refractivity (Wildman–Crippen MR) is 117 cm³/mol. The Morgan fingerprint density at radius 1 is 1.09 bits per heavy atom. The number of nitrogens with one attached hydrogen (secondary N) is 2. The molecule has 0 saturated carbocycles. The van der Waals surface area contributed by atoms with Crippen LogP contribution >= 0.6 is 0 Å². The molecule has 0 aliphatic rings. The third kappa shape index (κ3) is 3.26. The molecule has 0 saturated heterocycles. The number of hydrogen-bond acceptors (Lipinski definition) is 9. The first-order valence-corrected chi connectivity index (χ1v) is 9.97. The fraction of sp³-hybridized carbons (Fsp3) is 0.250. The Morgan fingerprint density at radius 2 is 1.88 bits per heavy atom. The first-order chi connectivity index (χ1) is 15.3. The molecule has 162 valence electrons. The van der Waals surface area contributed by atoms with E-state index in [0.717, 1.165) is 5.39 Å². The number of aromatic amines is 1. The van der Waals surface area contributed by atoms with Crippen molar-refractivity contribution in [3.05, 3.63) is 52.8 Å². The molecule has 5 aromatic rings. The van der Waals surface area contributed by atoms with Crippen LogP contribution in [-0.2, 0) is 12.1 Å². The standard InChI is InChI=1S/C20H20N10O2/c1-4-29-17(31)12-10-22-19(27-18-21-8-11-9-23-28-15(11)25-18)26-16(12)30(29)14-7-5-6-13(24-14)20(2,3)32/h5-10,32H,4H2,1-3H3,(H2,21,22,23,25,26,27,28). The zero-order valence-electron chi connectivity index (χ0n) is 17.6. The van der Waals surface area contributed by atoms with Crippen LogP contribution in [-0.4, -0.2) is 49.6 Å². The number of H-pyrrole nitrogens is 1. The Labute approximate surface area is 181 Å². The summed E-state index contributed by atoms with van der Waals surface area (Å²) in [6.45, 7) is 5.56. The summed E-state index contributed by atoms with van der Waals surface area (Å²) in [6.07, 6.45) is 4.72. The van der Waals surface area contributed by atoms with Gasteiger partial charge in [-0.3, -0.25) is 15.2 Å². The van der Waals surface area contributed by atoms with Crippen molar-refractivity contribution in [2.24, 2.45) is 0 Å². The smallest absolute Gasteiger partial charge is 0.278 e. The SMILES string of the molecule is CCn1c(=O)c2cnc(Nc3ncc4cn[nH]c4n3)nc2n1-c1cccc(C(C)(C)O)n1. The van der Waals surface area contributed by atoms with Gasteiger partial charge in [-0.25, -0.2) is 24.3 Å². The van der Waals surface area contributed by atoms with Crippen LogP contribution in [0.15, 0.2) is 41.6 Å². The summed E-state index contributed by atoms with van der Waals surface area (Å²) < 4.78 is 3.14. The number of aromatic nitrogens is 9. The van der Waals surface area contributed by atoms with Gasteiger partial charge in [-0.05, 0) is 32.9 Å². The number of nitrogens with zero attached hydrogens (tertiary/aromatic N) is 8. The van der Waals surface area contributed by atoms with E-state index in [0.29, 0.717) is 34.7 Å². The lowest BCUT2D eigenvalue weighted by molar-refractivity contribution is 0.0738. The summed E-state index contributed by atoms with van der Waals surface area (Å²) in [5.74, 6) is 0.961. The molecule has 5 rings (SSSR count). The average Bonchev–Trinajstić information content (AvgIpc) is 3.34. The second-order valence-corrected chi connectivity index (χ2v) is 7.70. The van der Waals surface area contributed by atoms with Gasteiger partial charge in [-0.2, -0.15) is 15.1 Å². The molecule has 5 aromatic heterocycles. The summed E-state index contributed by atoms with van der Waals surface area (Å²) in [6, 6.07) is 5.26. The molecule has 0 fully saturated rings.